The van der Waals surface area contributed by atoms with Crippen LogP contribution in [0.3, 0.4) is 0 Å². The summed E-state index contributed by atoms with van der Waals surface area (Å²) >= 11 is 0. The Kier molecular flexibility index (Phi) is 5.55. The number of carbonyl (C=O) groups is 1. The van der Waals surface area contributed by atoms with Gasteiger partial charge in [-0.05, 0) is 18.4 Å². The van der Waals surface area contributed by atoms with Gasteiger partial charge in [0, 0.05) is 0 Å². The van der Waals surface area contributed by atoms with Crippen molar-refractivity contribution in [2.45, 2.75) is 38.8 Å². The van der Waals surface area contributed by atoms with Gasteiger partial charge in [-0.15, -0.1) is 0 Å². The maximum atomic E-state index is 12.1. The van der Waals surface area contributed by atoms with Crippen LogP contribution in [0.1, 0.15) is 37.9 Å². The Bertz CT molecular complexity index is 563. The Morgan fingerprint density at radius 2 is 2.10 bits per heavy atom. The minimum atomic E-state index is -0.198. The van der Waals surface area contributed by atoms with E-state index in [1.54, 1.807) is 0 Å². The summed E-state index contributed by atoms with van der Waals surface area (Å²) in [6.45, 7) is 2.39. The van der Waals surface area contributed by atoms with Gasteiger partial charge in [-0.25, -0.2) is 13.9 Å². The Hall–Kier alpha value is -2.10. The first-order valence-electron chi connectivity index (χ1n) is 7.44. The highest BCUT2D eigenvalue weighted by molar-refractivity contribution is 5.69. The summed E-state index contributed by atoms with van der Waals surface area (Å²) in [5, 5.41) is 0. The molecule has 0 saturated carbocycles. The molecule has 1 heterocycles. The van der Waals surface area contributed by atoms with Crippen molar-refractivity contribution in [2.75, 3.05) is 0 Å². The minimum Gasteiger partial charge on any atom is -0.455 e. The second-order valence-corrected chi connectivity index (χ2v) is 5.28. The molecule has 0 aliphatic carbocycles. The summed E-state index contributed by atoms with van der Waals surface area (Å²) in [6.07, 6.45) is 8.49. The molecule has 1 atom stereocenters. The third kappa shape index (κ3) is 4.74. The number of hydrogen-bond donors (Lipinski definition) is 0. The van der Waals surface area contributed by atoms with Gasteiger partial charge in [0.15, 0.2) is 6.54 Å². The number of aryl methyl sites for hydroxylation is 1. The molecular formula is C17H23N2O2+. The molecule has 0 saturated heterocycles. The van der Waals surface area contributed by atoms with Crippen molar-refractivity contribution in [3.8, 4) is 0 Å². The highest BCUT2D eigenvalue weighted by Crippen LogP contribution is 2.23. The van der Waals surface area contributed by atoms with E-state index in [9.17, 15) is 4.79 Å². The predicted molar refractivity (Wildman–Crippen MR) is 80.4 cm³/mol. The molecule has 4 heteroatoms. The molecule has 1 unspecified atom stereocenters. The van der Waals surface area contributed by atoms with Crippen molar-refractivity contribution < 1.29 is 14.1 Å². The van der Waals surface area contributed by atoms with Gasteiger partial charge < -0.3 is 4.74 Å². The summed E-state index contributed by atoms with van der Waals surface area (Å²) in [5.74, 6) is -0.198. The van der Waals surface area contributed by atoms with Gasteiger partial charge in [0.25, 0.3) is 0 Å². The Morgan fingerprint density at radius 3 is 2.71 bits per heavy atom. The zero-order chi connectivity index (χ0) is 15.1. The Labute approximate surface area is 126 Å². The maximum absolute atomic E-state index is 12.1. The first kappa shape index (κ1) is 15.3. The molecule has 0 amide bonds. The second-order valence-electron chi connectivity index (χ2n) is 5.28. The first-order valence-corrected chi connectivity index (χ1v) is 7.44. The third-order valence-electron chi connectivity index (χ3n) is 3.40. The fourth-order valence-electron chi connectivity index (χ4n) is 2.29. The zero-order valence-corrected chi connectivity index (χ0v) is 12.7. The number of nitrogens with zero attached hydrogens (tertiary/aromatic N) is 2. The molecule has 4 nitrogen and oxygen atoms in total. The lowest BCUT2D eigenvalue weighted by atomic mass is 10.0. The number of unbranched alkanes of at least 4 members (excludes halogenated alkanes) is 1. The number of ether oxygens (including phenoxy) is 1. The van der Waals surface area contributed by atoms with Crippen molar-refractivity contribution in [1.82, 2.24) is 4.57 Å². The molecule has 0 aliphatic rings. The molecule has 1 aromatic heterocycles. The van der Waals surface area contributed by atoms with Gasteiger partial charge in [0.1, 0.15) is 18.5 Å². The van der Waals surface area contributed by atoms with Crippen molar-refractivity contribution in [3.63, 3.8) is 0 Å². The van der Waals surface area contributed by atoms with E-state index >= 15 is 0 Å². The van der Waals surface area contributed by atoms with E-state index in [1.165, 1.54) is 0 Å². The molecular weight excluding hydrogens is 264 g/mol. The number of hydrogen-bond acceptors (Lipinski definition) is 2. The molecule has 2 aromatic rings. The van der Waals surface area contributed by atoms with Crippen molar-refractivity contribution in [1.29, 1.82) is 0 Å². The number of imidazole rings is 1. The Balaban J connectivity index is 1.99. The highest BCUT2D eigenvalue weighted by Gasteiger charge is 2.18. The van der Waals surface area contributed by atoms with Crippen molar-refractivity contribution in [3.05, 3.63) is 54.6 Å². The molecule has 21 heavy (non-hydrogen) atoms. The molecule has 0 bridgehead atoms. The SMILES string of the molecule is CCCCC(OC(=O)Cn1cc[n+](C)c1)c1ccccc1. The minimum absolute atomic E-state index is 0.150. The largest absolute Gasteiger partial charge is 0.455 e. The van der Waals surface area contributed by atoms with Crippen molar-refractivity contribution >= 4 is 5.97 Å². The van der Waals surface area contributed by atoms with Gasteiger partial charge in [0.05, 0.1) is 7.05 Å². The van der Waals surface area contributed by atoms with E-state index in [2.05, 4.69) is 6.92 Å². The molecule has 2 rings (SSSR count). The second kappa shape index (κ2) is 7.62. The van der Waals surface area contributed by atoms with E-state index in [0.29, 0.717) is 0 Å². The lowest BCUT2D eigenvalue weighted by Crippen LogP contribution is -2.24. The van der Waals surface area contributed by atoms with Crippen LogP contribution in [-0.2, 0) is 23.1 Å². The molecule has 0 fully saturated rings. The van der Waals surface area contributed by atoms with Gasteiger partial charge >= 0.3 is 5.97 Å². The van der Waals surface area contributed by atoms with Gasteiger partial charge in [0.2, 0.25) is 6.33 Å². The van der Waals surface area contributed by atoms with E-state index in [4.69, 9.17) is 4.74 Å². The van der Waals surface area contributed by atoms with Crippen molar-refractivity contribution in [2.24, 2.45) is 7.05 Å². The van der Waals surface area contributed by atoms with Crippen LogP contribution >= 0.6 is 0 Å². The van der Waals surface area contributed by atoms with Crippen LogP contribution in [-0.4, -0.2) is 10.5 Å². The highest BCUT2D eigenvalue weighted by atomic mass is 16.5. The molecule has 0 radical (unpaired) electrons. The molecule has 0 spiro atoms. The molecule has 0 aliphatic heterocycles. The van der Waals surface area contributed by atoms with Crippen LogP contribution in [0.4, 0.5) is 0 Å². The van der Waals surface area contributed by atoms with Crippen LogP contribution in [0.15, 0.2) is 49.1 Å². The first-order chi connectivity index (χ1) is 10.2. The fraction of sp³-hybridized carbons (Fsp3) is 0.412. The van der Waals surface area contributed by atoms with Gasteiger partial charge in [-0.2, -0.15) is 0 Å². The summed E-state index contributed by atoms with van der Waals surface area (Å²) in [6, 6.07) is 9.97. The predicted octanol–water partition coefficient (Wildman–Crippen LogP) is 2.79. The molecule has 112 valence electrons. The molecule has 1 aromatic carbocycles. The third-order valence-corrected chi connectivity index (χ3v) is 3.40. The Morgan fingerprint density at radius 1 is 1.33 bits per heavy atom. The van der Waals surface area contributed by atoms with Crippen LogP contribution in [0, 0.1) is 0 Å². The lowest BCUT2D eigenvalue weighted by Gasteiger charge is -2.17. The number of carbonyl (C=O) groups excluding carboxylic acids is 1. The normalized spacial score (nSPS) is 12.1. The quantitative estimate of drug-likeness (QED) is 0.580. The van der Waals surface area contributed by atoms with E-state index in [1.807, 2.05) is 65.2 Å². The van der Waals surface area contributed by atoms with Crippen LogP contribution in [0.2, 0.25) is 0 Å². The average Bonchev–Trinajstić information content (AvgIpc) is 2.89. The summed E-state index contributed by atoms with van der Waals surface area (Å²) in [5.41, 5.74) is 1.07. The number of aromatic nitrogens is 2. The summed E-state index contributed by atoms with van der Waals surface area (Å²) in [7, 11) is 1.93. The number of benzene rings is 1. The molecule has 0 N–H and O–H groups in total. The monoisotopic (exact) mass is 287 g/mol. The number of esters is 1. The summed E-state index contributed by atoms with van der Waals surface area (Å²) in [4.78, 5) is 12.1. The van der Waals surface area contributed by atoms with E-state index < -0.39 is 0 Å². The topological polar surface area (TPSA) is 35.1 Å². The van der Waals surface area contributed by atoms with Crippen LogP contribution in [0.5, 0.6) is 0 Å². The summed E-state index contributed by atoms with van der Waals surface area (Å²) < 4.78 is 9.41. The lowest BCUT2D eigenvalue weighted by molar-refractivity contribution is -0.671. The smallest absolute Gasteiger partial charge is 0.349 e. The van der Waals surface area contributed by atoms with E-state index in [-0.39, 0.29) is 18.6 Å². The number of rotatable bonds is 7. The zero-order valence-electron chi connectivity index (χ0n) is 12.7. The van der Waals surface area contributed by atoms with Crippen LogP contribution in [0.25, 0.3) is 0 Å². The maximum Gasteiger partial charge on any atom is 0.349 e. The van der Waals surface area contributed by atoms with Gasteiger partial charge in [-0.3, -0.25) is 0 Å². The van der Waals surface area contributed by atoms with Gasteiger partial charge in [-0.1, -0.05) is 43.7 Å². The average molecular weight is 287 g/mol. The van der Waals surface area contributed by atoms with Crippen LogP contribution < -0.4 is 4.57 Å². The fourth-order valence-corrected chi connectivity index (χ4v) is 2.29. The standard InChI is InChI=1S/C17H23N2O2/c1-3-4-10-16(15-8-6-5-7-9-15)21-17(20)13-19-12-11-18(2)14-19/h5-9,11-12,14,16H,3-4,10,13H2,1-2H3/q+1. The van der Waals surface area contributed by atoms with E-state index in [0.717, 1.165) is 24.8 Å².